The molecule has 7 nitrogen and oxygen atoms in total. The van der Waals surface area contributed by atoms with E-state index in [-0.39, 0.29) is 30.9 Å². The molecule has 0 spiro atoms. The second-order valence-electron chi connectivity index (χ2n) is 5.65. The van der Waals surface area contributed by atoms with Gasteiger partial charge in [0.15, 0.2) is 11.5 Å². The first kappa shape index (κ1) is 18.1. The van der Waals surface area contributed by atoms with Crippen LogP contribution in [0.1, 0.15) is 23.2 Å². The van der Waals surface area contributed by atoms with Gasteiger partial charge >= 0.3 is 0 Å². The number of benzene rings is 1. The molecule has 1 aromatic rings. The van der Waals surface area contributed by atoms with Crippen LogP contribution in [0.2, 0.25) is 0 Å². The third-order valence-electron chi connectivity index (χ3n) is 4.19. The maximum absolute atomic E-state index is 12.6. The Labute approximate surface area is 141 Å². The monoisotopic (exact) mass is 336 g/mol. The third kappa shape index (κ3) is 4.17. The van der Waals surface area contributed by atoms with E-state index in [0.717, 1.165) is 0 Å². The molecule has 0 bridgehead atoms. The van der Waals surface area contributed by atoms with Gasteiger partial charge in [0.1, 0.15) is 0 Å². The number of aliphatic hydroxyl groups excluding tert-OH is 1. The molecule has 1 aliphatic rings. The molecule has 0 saturated carbocycles. The molecule has 132 valence electrons. The van der Waals surface area contributed by atoms with Crippen molar-refractivity contribution in [1.82, 2.24) is 10.2 Å². The largest absolute Gasteiger partial charge is 0.493 e. The number of hydrogen-bond donors (Lipinski definition) is 2. The molecule has 7 heteroatoms. The number of ether oxygens (including phenoxy) is 2. The Kier molecular flexibility index (Phi) is 6.43. The van der Waals surface area contributed by atoms with Gasteiger partial charge in [0.25, 0.3) is 5.91 Å². The zero-order valence-electron chi connectivity index (χ0n) is 14.1. The molecule has 0 unspecified atom stereocenters. The molecule has 2 amide bonds. The molecule has 1 saturated heterocycles. The number of hydrogen-bond acceptors (Lipinski definition) is 5. The minimum atomic E-state index is -0.106. The Bertz CT molecular complexity index is 582. The number of nitrogens with zero attached hydrogens (tertiary/aromatic N) is 1. The first-order chi connectivity index (χ1) is 11.6. The van der Waals surface area contributed by atoms with Gasteiger partial charge in [-0.3, -0.25) is 9.59 Å². The second kappa shape index (κ2) is 8.54. The van der Waals surface area contributed by atoms with E-state index in [1.807, 2.05) is 0 Å². The van der Waals surface area contributed by atoms with E-state index in [4.69, 9.17) is 14.6 Å². The van der Waals surface area contributed by atoms with E-state index in [1.165, 1.54) is 7.11 Å². The van der Waals surface area contributed by atoms with Crippen LogP contribution in [0.3, 0.4) is 0 Å². The summed E-state index contributed by atoms with van der Waals surface area (Å²) in [5.41, 5.74) is 0.538. The highest BCUT2D eigenvalue weighted by atomic mass is 16.5. The maximum atomic E-state index is 12.6. The Hall–Kier alpha value is -2.28. The Morgan fingerprint density at radius 2 is 1.88 bits per heavy atom. The number of carbonyl (C=O) groups excluding carboxylic acids is 2. The van der Waals surface area contributed by atoms with E-state index in [0.29, 0.717) is 43.0 Å². The summed E-state index contributed by atoms with van der Waals surface area (Å²) in [6.07, 6.45) is 1.24. The number of nitrogens with one attached hydrogen (secondary N) is 1. The minimum Gasteiger partial charge on any atom is -0.493 e. The summed E-state index contributed by atoms with van der Waals surface area (Å²) in [6.45, 7) is 1.26. The van der Waals surface area contributed by atoms with Crippen molar-refractivity contribution in [1.29, 1.82) is 0 Å². The highest BCUT2D eigenvalue weighted by molar-refractivity contribution is 5.95. The summed E-state index contributed by atoms with van der Waals surface area (Å²) in [6, 6.07) is 5.09. The molecule has 0 atom stereocenters. The molecule has 0 radical (unpaired) electrons. The van der Waals surface area contributed by atoms with Gasteiger partial charge in [-0.15, -0.1) is 0 Å². The van der Waals surface area contributed by atoms with Crippen LogP contribution < -0.4 is 14.8 Å². The molecule has 0 aromatic heterocycles. The van der Waals surface area contributed by atoms with E-state index in [2.05, 4.69) is 5.32 Å². The van der Waals surface area contributed by atoms with Crippen molar-refractivity contribution in [3.8, 4) is 11.5 Å². The van der Waals surface area contributed by atoms with E-state index in [9.17, 15) is 9.59 Å². The van der Waals surface area contributed by atoms with Crippen molar-refractivity contribution in [3.63, 3.8) is 0 Å². The first-order valence-electron chi connectivity index (χ1n) is 8.00. The van der Waals surface area contributed by atoms with Gasteiger partial charge in [-0.1, -0.05) is 0 Å². The number of carbonyl (C=O) groups is 2. The zero-order chi connectivity index (χ0) is 17.5. The van der Waals surface area contributed by atoms with Crippen molar-refractivity contribution < 1.29 is 24.2 Å². The van der Waals surface area contributed by atoms with E-state index in [1.54, 1.807) is 30.2 Å². The third-order valence-corrected chi connectivity index (χ3v) is 4.19. The van der Waals surface area contributed by atoms with E-state index < -0.39 is 0 Å². The number of aliphatic hydroxyl groups is 1. The number of amides is 2. The second-order valence-corrected chi connectivity index (χ2v) is 5.65. The summed E-state index contributed by atoms with van der Waals surface area (Å²) < 4.78 is 10.4. The summed E-state index contributed by atoms with van der Waals surface area (Å²) >= 11 is 0. The molecule has 0 aliphatic carbocycles. The lowest BCUT2D eigenvalue weighted by atomic mass is 9.95. The van der Waals surface area contributed by atoms with Crippen LogP contribution in [0.15, 0.2) is 18.2 Å². The van der Waals surface area contributed by atoms with Gasteiger partial charge in [-0.25, -0.2) is 0 Å². The lowest BCUT2D eigenvalue weighted by Crippen LogP contribution is -2.43. The minimum absolute atomic E-state index is 0.0535. The summed E-state index contributed by atoms with van der Waals surface area (Å²) in [7, 11) is 3.08. The standard InChI is InChI=1S/C17H24N2O5/c1-23-14-4-3-13(11-15(14)24-2)17(22)19-8-5-12(6-9-19)16(21)18-7-10-20/h3-4,11-12,20H,5-10H2,1-2H3,(H,18,21). The zero-order valence-corrected chi connectivity index (χ0v) is 14.1. The Morgan fingerprint density at radius 3 is 2.46 bits per heavy atom. The van der Waals surface area contributed by atoms with Gasteiger partial charge < -0.3 is 24.8 Å². The number of methoxy groups -OCH3 is 2. The van der Waals surface area contributed by atoms with Crippen molar-refractivity contribution in [2.24, 2.45) is 5.92 Å². The Morgan fingerprint density at radius 1 is 1.21 bits per heavy atom. The van der Waals surface area contributed by atoms with Gasteiger partial charge in [0.2, 0.25) is 5.91 Å². The topological polar surface area (TPSA) is 88.1 Å². The predicted octanol–water partition coefficient (Wildman–Crippen LogP) is 0.664. The fraction of sp³-hybridized carbons (Fsp3) is 0.529. The summed E-state index contributed by atoms with van der Waals surface area (Å²) in [5.74, 6) is 0.855. The van der Waals surface area contributed by atoms with Crippen LogP contribution in [-0.4, -0.2) is 62.3 Å². The molecular formula is C17H24N2O5. The van der Waals surface area contributed by atoms with Crippen LogP contribution >= 0.6 is 0 Å². The van der Waals surface area contributed by atoms with Crippen LogP contribution in [0.25, 0.3) is 0 Å². The number of piperidine rings is 1. The SMILES string of the molecule is COc1ccc(C(=O)N2CCC(C(=O)NCCO)CC2)cc1OC. The van der Waals surface area contributed by atoms with E-state index >= 15 is 0 Å². The van der Waals surface area contributed by atoms with Gasteiger partial charge in [0.05, 0.1) is 20.8 Å². The van der Waals surface area contributed by atoms with Gasteiger partial charge in [-0.05, 0) is 31.0 Å². The van der Waals surface area contributed by atoms with Crippen LogP contribution in [0.4, 0.5) is 0 Å². The summed E-state index contributed by atoms with van der Waals surface area (Å²) in [4.78, 5) is 26.3. The predicted molar refractivity (Wildman–Crippen MR) is 88.3 cm³/mol. The van der Waals surface area contributed by atoms with Crippen molar-refractivity contribution in [2.45, 2.75) is 12.8 Å². The lowest BCUT2D eigenvalue weighted by Gasteiger charge is -2.31. The molecule has 1 fully saturated rings. The average molecular weight is 336 g/mol. The molecule has 24 heavy (non-hydrogen) atoms. The Balaban J connectivity index is 1.96. The van der Waals surface area contributed by atoms with Crippen LogP contribution in [0.5, 0.6) is 11.5 Å². The van der Waals surface area contributed by atoms with Crippen molar-refractivity contribution in [2.75, 3.05) is 40.5 Å². The van der Waals surface area contributed by atoms with Gasteiger partial charge in [-0.2, -0.15) is 0 Å². The fourth-order valence-electron chi connectivity index (χ4n) is 2.82. The highest BCUT2D eigenvalue weighted by Crippen LogP contribution is 2.28. The quantitative estimate of drug-likeness (QED) is 0.797. The molecule has 1 heterocycles. The smallest absolute Gasteiger partial charge is 0.253 e. The molecule has 2 N–H and O–H groups in total. The van der Waals surface area contributed by atoms with Crippen LogP contribution in [0, 0.1) is 5.92 Å². The van der Waals surface area contributed by atoms with Crippen molar-refractivity contribution >= 4 is 11.8 Å². The summed E-state index contributed by atoms with van der Waals surface area (Å²) in [5, 5.41) is 11.4. The first-order valence-corrected chi connectivity index (χ1v) is 8.00. The van der Waals surface area contributed by atoms with Crippen molar-refractivity contribution in [3.05, 3.63) is 23.8 Å². The molecule has 1 aromatic carbocycles. The molecular weight excluding hydrogens is 312 g/mol. The average Bonchev–Trinajstić information content (AvgIpc) is 2.64. The molecule has 1 aliphatic heterocycles. The van der Waals surface area contributed by atoms with Crippen LogP contribution in [-0.2, 0) is 4.79 Å². The molecule has 2 rings (SSSR count). The number of likely N-dealkylation sites (tertiary alicyclic amines) is 1. The maximum Gasteiger partial charge on any atom is 0.253 e. The number of rotatable bonds is 6. The fourth-order valence-corrected chi connectivity index (χ4v) is 2.82. The normalized spacial score (nSPS) is 15.0. The highest BCUT2D eigenvalue weighted by Gasteiger charge is 2.28. The van der Waals surface area contributed by atoms with Gasteiger partial charge in [0, 0.05) is 31.1 Å². The lowest BCUT2D eigenvalue weighted by molar-refractivity contribution is -0.126.